The van der Waals surface area contributed by atoms with Crippen LogP contribution in [0.3, 0.4) is 0 Å². The van der Waals surface area contributed by atoms with E-state index in [0.717, 1.165) is 0 Å². The van der Waals surface area contributed by atoms with Crippen LogP contribution >= 0.6 is 0 Å². The molecule has 25 heavy (non-hydrogen) atoms. The smallest absolute Gasteiger partial charge is 0.340 e. The van der Waals surface area contributed by atoms with Gasteiger partial charge in [0.25, 0.3) is 0 Å². The predicted octanol–water partition coefficient (Wildman–Crippen LogP) is 2.22. The summed E-state index contributed by atoms with van der Waals surface area (Å²) in [5, 5.41) is 9.38. The Balaban J connectivity index is 2.14. The van der Waals surface area contributed by atoms with E-state index < -0.39 is 11.6 Å². The van der Waals surface area contributed by atoms with E-state index in [1.54, 1.807) is 13.8 Å². The van der Waals surface area contributed by atoms with Gasteiger partial charge in [0, 0.05) is 13.1 Å². The molecule has 0 unspecified atom stereocenters. The lowest BCUT2D eigenvalue weighted by atomic mass is 9.98. The van der Waals surface area contributed by atoms with Crippen molar-refractivity contribution in [3.8, 4) is 6.07 Å². The first-order chi connectivity index (χ1) is 11.7. The van der Waals surface area contributed by atoms with Gasteiger partial charge in [0.15, 0.2) is 0 Å². The zero-order valence-corrected chi connectivity index (χ0v) is 15.3. The maximum atomic E-state index is 12.1. The molecule has 0 aliphatic carbocycles. The average molecular weight is 345 g/mol. The first kappa shape index (κ1) is 18.7. The highest BCUT2D eigenvalue weighted by molar-refractivity contribution is 5.91. The van der Waals surface area contributed by atoms with Gasteiger partial charge in [0.2, 0.25) is 0 Å². The molecule has 2 heterocycles. The lowest BCUT2D eigenvalue weighted by Crippen LogP contribution is -2.52. The van der Waals surface area contributed by atoms with Crippen LogP contribution in [0.2, 0.25) is 0 Å². The molecular weight excluding hydrogens is 322 g/mol. The third-order valence-corrected chi connectivity index (χ3v) is 3.73. The van der Waals surface area contributed by atoms with Crippen LogP contribution in [-0.4, -0.2) is 42.2 Å². The molecule has 1 fully saturated rings. The molecule has 1 aliphatic heterocycles. The first-order valence-corrected chi connectivity index (χ1v) is 8.23. The molecule has 2 rings (SSSR count). The predicted molar refractivity (Wildman–Crippen MR) is 91.2 cm³/mol. The number of aromatic nitrogens is 1. The molecule has 1 aromatic heterocycles. The van der Waals surface area contributed by atoms with E-state index >= 15 is 0 Å². The Morgan fingerprint density at radius 3 is 2.56 bits per heavy atom. The van der Waals surface area contributed by atoms with Crippen molar-refractivity contribution in [2.45, 2.75) is 40.2 Å². The normalized spacial score (nSPS) is 14.5. The molecule has 7 heteroatoms. The Labute approximate surface area is 147 Å². The second-order valence-electron chi connectivity index (χ2n) is 6.96. The van der Waals surface area contributed by atoms with Gasteiger partial charge in [-0.05, 0) is 40.7 Å². The molecule has 0 aromatic carbocycles. The maximum absolute atomic E-state index is 12.1. The van der Waals surface area contributed by atoms with E-state index in [1.165, 1.54) is 6.07 Å². The third-order valence-electron chi connectivity index (χ3n) is 3.73. The van der Waals surface area contributed by atoms with Crippen molar-refractivity contribution in [3.05, 3.63) is 22.9 Å². The van der Waals surface area contributed by atoms with Crippen molar-refractivity contribution in [1.82, 2.24) is 4.98 Å². The quantitative estimate of drug-likeness (QED) is 0.772. The molecule has 0 saturated carbocycles. The first-order valence-electron chi connectivity index (χ1n) is 8.23. The monoisotopic (exact) mass is 345 g/mol. The summed E-state index contributed by atoms with van der Waals surface area (Å²) in [6.07, 6.45) is 0. The Bertz CT molecular complexity index is 725. The zero-order chi connectivity index (χ0) is 18.8. The fourth-order valence-electron chi connectivity index (χ4n) is 2.52. The maximum Gasteiger partial charge on any atom is 0.340 e. The highest BCUT2D eigenvalue weighted by Crippen LogP contribution is 2.29. The third kappa shape index (κ3) is 4.27. The number of hydrogen-bond donors (Lipinski definition) is 0. The van der Waals surface area contributed by atoms with Crippen molar-refractivity contribution < 1.29 is 19.1 Å². The van der Waals surface area contributed by atoms with Crippen LogP contribution in [0.5, 0.6) is 0 Å². The van der Waals surface area contributed by atoms with Crippen LogP contribution in [0.1, 0.15) is 49.3 Å². The summed E-state index contributed by atoms with van der Waals surface area (Å²) in [4.78, 5) is 30.2. The number of rotatable bonds is 4. The van der Waals surface area contributed by atoms with Gasteiger partial charge < -0.3 is 14.4 Å². The van der Waals surface area contributed by atoms with Crippen molar-refractivity contribution in [3.63, 3.8) is 0 Å². The molecule has 134 valence electrons. The number of ether oxygens (including phenoxy) is 2. The molecule has 1 aliphatic rings. The van der Waals surface area contributed by atoms with Crippen molar-refractivity contribution in [2.75, 3.05) is 24.6 Å². The lowest BCUT2D eigenvalue weighted by Gasteiger charge is -2.40. The molecule has 0 bridgehead atoms. The second-order valence-corrected chi connectivity index (χ2v) is 6.96. The van der Waals surface area contributed by atoms with Gasteiger partial charge in [-0.15, -0.1) is 0 Å². The number of esters is 2. The summed E-state index contributed by atoms with van der Waals surface area (Å²) >= 11 is 0. The van der Waals surface area contributed by atoms with Crippen LogP contribution in [0, 0.1) is 24.2 Å². The average Bonchev–Trinajstić information content (AvgIpc) is 2.44. The number of carbonyl (C=O) groups is 2. The van der Waals surface area contributed by atoms with Gasteiger partial charge in [-0.3, -0.25) is 4.79 Å². The van der Waals surface area contributed by atoms with Crippen LogP contribution in [-0.2, 0) is 14.3 Å². The Kier molecular flexibility index (Phi) is 5.31. The minimum absolute atomic E-state index is 0.238. The van der Waals surface area contributed by atoms with Crippen molar-refractivity contribution in [2.24, 2.45) is 5.92 Å². The Morgan fingerprint density at radius 2 is 2.04 bits per heavy atom. The number of nitriles is 1. The van der Waals surface area contributed by atoms with Crippen LogP contribution in [0.4, 0.5) is 5.82 Å². The molecule has 7 nitrogen and oxygen atoms in total. The van der Waals surface area contributed by atoms with Gasteiger partial charge in [0.05, 0.1) is 29.3 Å². The Morgan fingerprint density at radius 1 is 1.40 bits per heavy atom. The number of aryl methyl sites for hydroxylation is 1. The molecule has 0 amide bonds. The minimum atomic E-state index is -0.522. The number of pyridine rings is 1. The summed E-state index contributed by atoms with van der Waals surface area (Å²) in [6.45, 7) is 10.0. The standard InChI is InChI=1S/C18H23N3O4/c1-6-24-17(23)14-7-12(8-19)15(20-11(14)2)21-9-13(10-21)16(22)25-18(3,4)5/h7,13H,6,9-10H2,1-5H3. The fraction of sp³-hybridized carbons (Fsp3) is 0.556. The van der Waals surface area contributed by atoms with Crippen LogP contribution < -0.4 is 4.90 Å². The Hall–Kier alpha value is -2.62. The molecule has 0 radical (unpaired) electrons. The van der Waals surface area contributed by atoms with E-state index in [1.807, 2.05) is 25.7 Å². The SMILES string of the molecule is CCOC(=O)c1cc(C#N)c(N2CC(C(=O)OC(C)(C)C)C2)nc1C. The molecular formula is C18H23N3O4. The summed E-state index contributed by atoms with van der Waals surface area (Å²) in [5.41, 5.74) is 0.543. The summed E-state index contributed by atoms with van der Waals surface area (Å²) < 4.78 is 10.4. The van der Waals surface area contributed by atoms with Gasteiger partial charge >= 0.3 is 11.9 Å². The summed E-state index contributed by atoms with van der Waals surface area (Å²) in [7, 11) is 0. The van der Waals surface area contributed by atoms with Crippen LogP contribution in [0.25, 0.3) is 0 Å². The number of nitrogens with zero attached hydrogens (tertiary/aromatic N) is 3. The molecule has 0 N–H and O–H groups in total. The number of hydrogen-bond acceptors (Lipinski definition) is 7. The highest BCUT2D eigenvalue weighted by atomic mass is 16.6. The van der Waals surface area contributed by atoms with E-state index in [-0.39, 0.29) is 29.6 Å². The van der Waals surface area contributed by atoms with Crippen molar-refractivity contribution in [1.29, 1.82) is 5.26 Å². The number of anilines is 1. The zero-order valence-electron chi connectivity index (χ0n) is 15.3. The molecule has 0 spiro atoms. The molecule has 0 atom stereocenters. The van der Waals surface area contributed by atoms with E-state index in [9.17, 15) is 14.9 Å². The van der Waals surface area contributed by atoms with Gasteiger partial charge in [-0.25, -0.2) is 9.78 Å². The van der Waals surface area contributed by atoms with Gasteiger partial charge in [0.1, 0.15) is 17.5 Å². The second kappa shape index (κ2) is 7.09. The topological polar surface area (TPSA) is 92.5 Å². The lowest BCUT2D eigenvalue weighted by molar-refractivity contribution is -0.160. The van der Waals surface area contributed by atoms with E-state index in [0.29, 0.717) is 24.6 Å². The van der Waals surface area contributed by atoms with Gasteiger partial charge in [-0.2, -0.15) is 5.26 Å². The fourth-order valence-corrected chi connectivity index (χ4v) is 2.52. The summed E-state index contributed by atoms with van der Waals surface area (Å²) in [5.74, 6) is -0.502. The minimum Gasteiger partial charge on any atom is -0.462 e. The van der Waals surface area contributed by atoms with Gasteiger partial charge in [-0.1, -0.05) is 0 Å². The molecule has 1 aromatic rings. The highest BCUT2D eigenvalue weighted by Gasteiger charge is 2.37. The van der Waals surface area contributed by atoms with E-state index in [4.69, 9.17) is 9.47 Å². The largest absolute Gasteiger partial charge is 0.462 e. The summed E-state index contributed by atoms with van der Waals surface area (Å²) in [6, 6.07) is 3.56. The number of carbonyl (C=O) groups excluding carboxylic acids is 2. The van der Waals surface area contributed by atoms with Crippen molar-refractivity contribution >= 4 is 17.8 Å². The van der Waals surface area contributed by atoms with E-state index in [2.05, 4.69) is 11.1 Å². The molecule has 1 saturated heterocycles. The van der Waals surface area contributed by atoms with Crippen LogP contribution in [0.15, 0.2) is 6.07 Å².